The van der Waals surface area contributed by atoms with E-state index in [2.05, 4.69) is 10.2 Å². The monoisotopic (exact) mass is 585 g/mol. The van der Waals surface area contributed by atoms with Gasteiger partial charge in [-0.15, -0.1) is 0 Å². The summed E-state index contributed by atoms with van der Waals surface area (Å²) in [5, 5.41) is 13.0. The molecule has 0 aromatic heterocycles. The van der Waals surface area contributed by atoms with Gasteiger partial charge >= 0.3 is 12.1 Å². The molecule has 0 unspecified atom stereocenters. The number of likely N-dealkylation sites (tertiary alicyclic amines) is 1. The van der Waals surface area contributed by atoms with Gasteiger partial charge in [0, 0.05) is 16.1 Å². The zero-order valence-corrected chi connectivity index (χ0v) is 23.5. The minimum Gasteiger partial charge on any atom is -0.481 e. The second-order valence-corrected chi connectivity index (χ2v) is 10.6. The zero-order chi connectivity index (χ0) is 29.8. The van der Waals surface area contributed by atoms with Gasteiger partial charge in [0.05, 0.1) is 35.0 Å². The minimum absolute atomic E-state index is 0.0975. The Morgan fingerprint density at radius 3 is 2.49 bits per heavy atom. The van der Waals surface area contributed by atoms with Crippen LogP contribution in [0.25, 0.3) is 0 Å². The number of carboxylic acids is 1. The molecule has 1 saturated heterocycles. The number of hydrogen-bond acceptors (Lipinski definition) is 4. The normalized spacial score (nSPS) is 18.7. The van der Waals surface area contributed by atoms with E-state index in [0.29, 0.717) is 34.8 Å². The summed E-state index contributed by atoms with van der Waals surface area (Å²) in [6.45, 7) is 5.42. The topological polar surface area (TPSA) is 82.0 Å². The Labute approximate surface area is 241 Å². The molecule has 6 nitrogen and oxygen atoms in total. The molecule has 3 aromatic carbocycles. The second-order valence-electron chi connectivity index (χ2n) is 10.2. The molecule has 4 rings (SSSR count). The smallest absolute Gasteiger partial charge is 0.416 e. The van der Waals surface area contributed by atoms with E-state index >= 15 is 0 Å². The Bertz CT molecular complexity index is 1450. The average molecular weight is 586 g/mol. The first-order valence-electron chi connectivity index (χ1n) is 13.3. The van der Waals surface area contributed by atoms with Gasteiger partial charge in [-0.25, -0.2) is 0 Å². The Kier molecular flexibility index (Phi) is 9.19. The summed E-state index contributed by atoms with van der Waals surface area (Å²) in [5.41, 5.74) is 0.168. The molecular weight excluding hydrogens is 555 g/mol. The van der Waals surface area contributed by atoms with Crippen LogP contribution in [-0.4, -0.2) is 46.2 Å². The summed E-state index contributed by atoms with van der Waals surface area (Å²) in [6, 6.07) is 17.1. The lowest BCUT2D eigenvalue weighted by Crippen LogP contribution is -2.50. The molecule has 0 radical (unpaired) electrons. The van der Waals surface area contributed by atoms with E-state index < -0.39 is 35.7 Å². The molecule has 2 N–H and O–H groups in total. The fourth-order valence-electron chi connectivity index (χ4n) is 5.24. The van der Waals surface area contributed by atoms with Crippen molar-refractivity contribution < 1.29 is 27.9 Å². The molecule has 0 aliphatic carbocycles. The number of anilines is 1. The van der Waals surface area contributed by atoms with Gasteiger partial charge in [-0.2, -0.15) is 13.2 Å². The van der Waals surface area contributed by atoms with Crippen LogP contribution in [0.4, 0.5) is 18.9 Å². The van der Waals surface area contributed by atoms with Crippen molar-refractivity contribution in [2.45, 2.75) is 50.9 Å². The van der Waals surface area contributed by atoms with Gasteiger partial charge in [0.25, 0.3) is 0 Å². The number of nitrogens with one attached hydrogen (secondary N) is 1. The summed E-state index contributed by atoms with van der Waals surface area (Å²) in [7, 11) is 0. The third-order valence-electron chi connectivity index (χ3n) is 7.44. The molecule has 1 amide bonds. The summed E-state index contributed by atoms with van der Waals surface area (Å²) in [6.07, 6.45) is -3.59. The molecule has 1 aliphatic rings. The Hall–Kier alpha value is -3.69. The van der Waals surface area contributed by atoms with Crippen LogP contribution in [0.3, 0.4) is 0 Å². The van der Waals surface area contributed by atoms with Gasteiger partial charge in [0.15, 0.2) is 0 Å². The highest BCUT2D eigenvalue weighted by Gasteiger charge is 2.42. The fraction of sp³-hybridized carbons (Fsp3) is 0.323. The fourth-order valence-corrected chi connectivity index (χ4v) is 5.41. The number of carbonyl (C=O) groups is 2. The van der Waals surface area contributed by atoms with Crippen molar-refractivity contribution in [1.29, 1.82) is 0 Å². The molecule has 216 valence electrons. The molecule has 1 aliphatic heterocycles. The van der Waals surface area contributed by atoms with Crippen molar-refractivity contribution in [3.63, 3.8) is 0 Å². The van der Waals surface area contributed by atoms with Crippen molar-refractivity contribution in [3.05, 3.63) is 100 Å². The van der Waals surface area contributed by atoms with E-state index in [1.807, 2.05) is 13.8 Å². The number of alkyl halides is 3. The summed E-state index contributed by atoms with van der Waals surface area (Å²) in [5.74, 6) is -1.43. The number of halogens is 4. The lowest BCUT2D eigenvalue weighted by atomic mass is 9.95. The molecule has 1 fully saturated rings. The van der Waals surface area contributed by atoms with Crippen molar-refractivity contribution in [3.8, 4) is 0 Å². The molecule has 41 heavy (non-hydrogen) atoms. The molecule has 0 saturated carbocycles. The van der Waals surface area contributed by atoms with Gasteiger partial charge < -0.3 is 10.4 Å². The number of benzene rings is 3. The van der Waals surface area contributed by atoms with Crippen LogP contribution in [0.2, 0.25) is 5.02 Å². The van der Waals surface area contributed by atoms with E-state index in [-0.39, 0.29) is 17.2 Å². The van der Waals surface area contributed by atoms with Crippen molar-refractivity contribution in [2.75, 3.05) is 18.4 Å². The summed E-state index contributed by atoms with van der Waals surface area (Å²) >= 11 is 6.40. The maximum Gasteiger partial charge on any atom is 0.416 e. The predicted octanol–water partition coefficient (Wildman–Crippen LogP) is 7.23. The second kappa shape index (κ2) is 12.4. The van der Waals surface area contributed by atoms with E-state index in [0.717, 1.165) is 25.1 Å². The number of nitrogens with zero attached hydrogens (tertiary/aromatic N) is 2. The maximum atomic E-state index is 13.6. The third kappa shape index (κ3) is 6.97. The Morgan fingerprint density at radius 2 is 1.83 bits per heavy atom. The van der Waals surface area contributed by atoms with E-state index in [1.165, 1.54) is 12.1 Å². The van der Waals surface area contributed by atoms with Crippen LogP contribution >= 0.6 is 11.6 Å². The molecule has 2 atom stereocenters. The highest BCUT2D eigenvalue weighted by atomic mass is 35.5. The maximum absolute atomic E-state index is 13.6. The van der Waals surface area contributed by atoms with Crippen LogP contribution in [0.5, 0.6) is 0 Å². The van der Waals surface area contributed by atoms with Gasteiger partial charge in [0.1, 0.15) is 0 Å². The first kappa shape index (κ1) is 30.3. The molecular formula is C31H31ClF3N3O3. The van der Waals surface area contributed by atoms with Crippen molar-refractivity contribution >= 4 is 34.9 Å². The minimum atomic E-state index is -4.61. The first-order chi connectivity index (χ1) is 19.4. The highest BCUT2D eigenvalue weighted by molar-refractivity contribution is 6.31. The average Bonchev–Trinajstić information content (AvgIpc) is 3.33. The quantitative estimate of drug-likeness (QED) is 0.260. The van der Waals surface area contributed by atoms with Gasteiger partial charge in [-0.05, 0) is 68.8 Å². The third-order valence-corrected chi connectivity index (χ3v) is 7.68. The predicted molar refractivity (Wildman–Crippen MR) is 153 cm³/mol. The molecule has 1 heterocycles. The lowest BCUT2D eigenvalue weighted by molar-refractivity contribution is -0.138. The number of aliphatic imine (C=N–C) groups is 1. The molecule has 10 heteroatoms. The van der Waals surface area contributed by atoms with Crippen LogP contribution in [0.1, 0.15) is 61.4 Å². The molecule has 0 spiro atoms. The zero-order valence-electron chi connectivity index (χ0n) is 22.7. The van der Waals surface area contributed by atoms with Crippen molar-refractivity contribution in [2.24, 2.45) is 4.99 Å². The van der Waals surface area contributed by atoms with Crippen LogP contribution in [0, 0.1) is 0 Å². The van der Waals surface area contributed by atoms with Gasteiger partial charge in [0.2, 0.25) is 5.91 Å². The molecule has 3 aromatic rings. The largest absolute Gasteiger partial charge is 0.481 e. The number of rotatable bonds is 9. The standard InChI is InChI=1S/C31H31ClF3N3O3/c1-3-38-16-8-15-30(38,2)29(41)37-25-14-13-23(32)18-24(25)28(20-9-5-4-6-10-20)36-26(19-27(39)40)21-11-7-12-22(17-21)31(33,34)35/h4-7,9-14,17-18,26H,3,8,15-16,19H2,1-2H3,(H,37,41)(H,39,40)/t26-,30+/m0/s1. The lowest BCUT2D eigenvalue weighted by Gasteiger charge is -2.33. The van der Waals surface area contributed by atoms with Crippen LogP contribution < -0.4 is 5.32 Å². The Morgan fingerprint density at radius 1 is 1.10 bits per heavy atom. The summed E-state index contributed by atoms with van der Waals surface area (Å²) < 4.78 is 40.5. The van der Waals surface area contributed by atoms with E-state index in [4.69, 9.17) is 16.6 Å². The summed E-state index contributed by atoms with van der Waals surface area (Å²) in [4.78, 5) is 32.3. The van der Waals surface area contributed by atoms with Crippen LogP contribution in [0.15, 0.2) is 77.8 Å². The number of likely N-dealkylation sites (N-methyl/N-ethyl adjacent to an activating group) is 1. The van der Waals surface area contributed by atoms with E-state index in [1.54, 1.807) is 48.5 Å². The molecule has 0 bridgehead atoms. The first-order valence-corrected chi connectivity index (χ1v) is 13.7. The van der Waals surface area contributed by atoms with Crippen LogP contribution in [-0.2, 0) is 15.8 Å². The number of hydrogen-bond donors (Lipinski definition) is 2. The SMILES string of the molecule is CCN1CCC[C@]1(C)C(=O)Nc1ccc(Cl)cc1C(=N[C@@H](CC(=O)O)c1cccc(C(F)(F)F)c1)c1ccccc1. The number of carbonyl (C=O) groups excluding carboxylic acids is 1. The Balaban J connectivity index is 1.86. The van der Waals surface area contributed by atoms with E-state index in [9.17, 15) is 27.9 Å². The number of amides is 1. The van der Waals surface area contributed by atoms with Crippen molar-refractivity contribution in [1.82, 2.24) is 4.90 Å². The number of carboxylic acid groups (broad SMARTS) is 1. The van der Waals surface area contributed by atoms with Gasteiger partial charge in [-0.1, -0.05) is 61.0 Å². The van der Waals surface area contributed by atoms with Gasteiger partial charge in [-0.3, -0.25) is 19.5 Å². The number of aliphatic carboxylic acids is 1. The highest BCUT2D eigenvalue weighted by Crippen LogP contribution is 2.35.